The van der Waals surface area contributed by atoms with Gasteiger partial charge in [-0.3, -0.25) is 9.69 Å². The molecule has 1 aliphatic heterocycles. The lowest BCUT2D eigenvalue weighted by molar-refractivity contribution is -0.139. The van der Waals surface area contributed by atoms with Gasteiger partial charge < -0.3 is 20.5 Å². The van der Waals surface area contributed by atoms with Crippen molar-refractivity contribution in [3.63, 3.8) is 0 Å². The molecule has 1 aliphatic rings. The molecule has 0 aromatic heterocycles. The zero-order valence-corrected chi connectivity index (χ0v) is 20.7. The molecule has 38 heavy (non-hydrogen) atoms. The van der Waals surface area contributed by atoms with Crippen LogP contribution in [0, 0.1) is 11.3 Å². The van der Waals surface area contributed by atoms with E-state index in [0.717, 1.165) is 0 Å². The standard InChI is InChI=1S/C29H24N4O5/c1-37-28(35)24-23(18-9-5-3-6-10-18)22(17-30)26(31)33(25(24)29(36)38-2)21-15-13-20(14-16-21)32-27(34)19-11-7-4-8-12-19/h3-16,23H,31H2,1-2H3,(H,32,34). The normalized spacial score (nSPS) is 15.0. The largest absolute Gasteiger partial charge is 0.466 e. The summed E-state index contributed by atoms with van der Waals surface area (Å²) in [5, 5.41) is 12.9. The Hall–Kier alpha value is -5.36. The minimum atomic E-state index is -0.955. The second-order valence-corrected chi connectivity index (χ2v) is 8.20. The van der Waals surface area contributed by atoms with Crippen LogP contribution in [-0.2, 0) is 19.1 Å². The SMILES string of the molecule is COC(=O)C1=C(C(=O)OC)N(c2ccc(NC(=O)c3ccccc3)cc2)C(N)=C(C#N)C1c1ccccc1. The third-order valence-corrected chi connectivity index (χ3v) is 6.03. The summed E-state index contributed by atoms with van der Waals surface area (Å²) in [6.45, 7) is 0. The van der Waals surface area contributed by atoms with E-state index < -0.39 is 17.9 Å². The van der Waals surface area contributed by atoms with E-state index in [1.165, 1.54) is 19.1 Å². The predicted octanol–water partition coefficient (Wildman–Crippen LogP) is 3.84. The second-order valence-electron chi connectivity index (χ2n) is 8.20. The first-order chi connectivity index (χ1) is 18.4. The number of hydrogen-bond acceptors (Lipinski definition) is 8. The molecule has 3 aromatic rings. The highest BCUT2D eigenvalue weighted by Gasteiger charge is 2.42. The average Bonchev–Trinajstić information content (AvgIpc) is 2.97. The summed E-state index contributed by atoms with van der Waals surface area (Å²) < 4.78 is 10.1. The van der Waals surface area contributed by atoms with Crippen LogP contribution >= 0.6 is 0 Å². The van der Waals surface area contributed by atoms with Gasteiger partial charge in [0.1, 0.15) is 11.5 Å². The van der Waals surface area contributed by atoms with Crippen LogP contribution in [0.25, 0.3) is 0 Å². The zero-order valence-electron chi connectivity index (χ0n) is 20.7. The van der Waals surface area contributed by atoms with Gasteiger partial charge in [0.15, 0.2) is 0 Å². The maximum Gasteiger partial charge on any atom is 0.355 e. The van der Waals surface area contributed by atoms with Crippen molar-refractivity contribution in [3.05, 3.63) is 119 Å². The Labute approximate surface area is 219 Å². The van der Waals surface area contributed by atoms with Gasteiger partial charge in [-0.05, 0) is 42.0 Å². The molecule has 1 amide bonds. The highest BCUT2D eigenvalue weighted by atomic mass is 16.5. The molecule has 9 nitrogen and oxygen atoms in total. The van der Waals surface area contributed by atoms with E-state index in [0.29, 0.717) is 22.5 Å². The summed E-state index contributed by atoms with van der Waals surface area (Å²) in [6, 6.07) is 26.0. The lowest BCUT2D eigenvalue weighted by atomic mass is 9.81. The molecule has 0 radical (unpaired) electrons. The van der Waals surface area contributed by atoms with Crippen molar-refractivity contribution in [2.75, 3.05) is 24.4 Å². The van der Waals surface area contributed by atoms with Gasteiger partial charge in [-0.25, -0.2) is 9.59 Å². The fourth-order valence-electron chi connectivity index (χ4n) is 4.27. The number of nitrogens with one attached hydrogen (secondary N) is 1. The van der Waals surface area contributed by atoms with Gasteiger partial charge in [0.2, 0.25) is 0 Å². The Balaban J connectivity index is 1.83. The Morgan fingerprint density at radius 2 is 1.45 bits per heavy atom. The summed E-state index contributed by atoms with van der Waals surface area (Å²) in [6.07, 6.45) is 0. The topological polar surface area (TPSA) is 135 Å². The number of rotatable bonds is 6. The molecule has 0 aliphatic carbocycles. The maximum absolute atomic E-state index is 13.1. The summed E-state index contributed by atoms with van der Waals surface area (Å²) >= 11 is 0. The minimum Gasteiger partial charge on any atom is -0.466 e. The van der Waals surface area contributed by atoms with Crippen LogP contribution in [0.1, 0.15) is 21.8 Å². The van der Waals surface area contributed by atoms with Crippen LogP contribution in [0.4, 0.5) is 11.4 Å². The number of esters is 2. The minimum absolute atomic E-state index is 0.0459. The molecule has 0 saturated heterocycles. The van der Waals surface area contributed by atoms with Gasteiger partial charge in [0.05, 0.1) is 37.4 Å². The molecule has 4 rings (SSSR count). The van der Waals surface area contributed by atoms with E-state index in [2.05, 4.69) is 11.4 Å². The highest BCUT2D eigenvalue weighted by molar-refractivity contribution is 6.07. The smallest absolute Gasteiger partial charge is 0.355 e. The van der Waals surface area contributed by atoms with Crippen LogP contribution in [0.15, 0.2) is 108 Å². The third-order valence-electron chi connectivity index (χ3n) is 6.03. The van der Waals surface area contributed by atoms with Crippen molar-refractivity contribution in [1.82, 2.24) is 0 Å². The van der Waals surface area contributed by atoms with Crippen LogP contribution in [0.5, 0.6) is 0 Å². The van der Waals surface area contributed by atoms with Gasteiger partial charge in [-0.1, -0.05) is 48.5 Å². The molecular weight excluding hydrogens is 484 g/mol. The van der Waals surface area contributed by atoms with Crippen molar-refractivity contribution in [2.45, 2.75) is 5.92 Å². The molecule has 0 saturated carbocycles. The number of nitrogens with zero attached hydrogens (tertiary/aromatic N) is 2. The van der Waals surface area contributed by atoms with E-state index in [-0.39, 0.29) is 28.6 Å². The predicted molar refractivity (Wildman–Crippen MR) is 140 cm³/mol. The first-order valence-corrected chi connectivity index (χ1v) is 11.5. The molecular formula is C29H24N4O5. The van der Waals surface area contributed by atoms with Crippen molar-refractivity contribution in [3.8, 4) is 6.07 Å². The van der Waals surface area contributed by atoms with Gasteiger partial charge in [0.25, 0.3) is 5.91 Å². The number of carbonyl (C=O) groups is 3. The first kappa shape index (κ1) is 25.7. The van der Waals surface area contributed by atoms with Crippen molar-refractivity contribution >= 4 is 29.2 Å². The summed E-state index contributed by atoms with van der Waals surface area (Å²) in [5.74, 6) is -2.95. The van der Waals surface area contributed by atoms with Crippen LogP contribution < -0.4 is 16.0 Å². The Bertz CT molecular complexity index is 1470. The Morgan fingerprint density at radius 1 is 0.868 bits per heavy atom. The summed E-state index contributed by atoms with van der Waals surface area (Å²) in [4.78, 5) is 40.0. The van der Waals surface area contributed by atoms with Gasteiger partial charge >= 0.3 is 11.9 Å². The number of ether oxygens (including phenoxy) is 2. The number of hydrogen-bond donors (Lipinski definition) is 2. The number of allylic oxidation sites excluding steroid dienone is 1. The number of carbonyl (C=O) groups excluding carboxylic acids is 3. The number of benzene rings is 3. The quantitative estimate of drug-likeness (QED) is 0.480. The molecule has 1 heterocycles. The second kappa shape index (κ2) is 11.1. The van der Waals surface area contributed by atoms with E-state index >= 15 is 0 Å². The van der Waals surface area contributed by atoms with Gasteiger partial charge in [0, 0.05) is 16.9 Å². The molecule has 3 aromatic carbocycles. The lowest BCUT2D eigenvalue weighted by Gasteiger charge is -2.35. The first-order valence-electron chi connectivity index (χ1n) is 11.5. The van der Waals surface area contributed by atoms with Crippen LogP contribution in [-0.4, -0.2) is 32.1 Å². The monoisotopic (exact) mass is 508 g/mol. The molecule has 0 bridgehead atoms. The van der Waals surface area contributed by atoms with E-state index in [1.807, 2.05) is 6.07 Å². The highest BCUT2D eigenvalue weighted by Crippen LogP contribution is 2.43. The molecule has 9 heteroatoms. The fraction of sp³-hybridized carbons (Fsp3) is 0.103. The van der Waals surface area contributed by atoms with Gasteiger partial charge in [-0.15, -0.1) is 0 Å². The number of anilines is 2. The molecule has 1 atom stereocenters. The number of methoxy groups -OCH3 is 2. The van der Waals surface area contributed by atoms with Crippen molar-refractivity contribution in [2.24, 2.45) is 5.73 Å². The number of nitrogens with two attached hydrogens (primary N) is 1. The van der Waals surface area contributed by atoms with Gasteiger partial charge in [-0.2, -0.15) is 5.26 Å². The van der Waals surface area contributed by atoms with Crippen LogP contribution in [0.3, 0.4) is 0 Å². The fourth-order valence-corrected chi connectivity index (χ4v) is 4.27. The van der Waals surface area contributed by atoms with Crippen LogP contribution in [0.2, 0.25) is 0 Å². The Kier molecular flexibility index (Phi) is 7.54. The zero-order chi connectivity index (χ0) is 27.2. The molecule has 1 unspecified atom stereocenters. The van der Waals surface area contributed by atoms with Crippen molar-refractivity contribution < 1.29 is 23.9 Å². The molecule has 0 fully saturated rings. The van der Waals surface area contributed by atoms with E-state index in [9.17, 15) is 19.6 Å². The average molecular weight is 509 g/mol. The van der Waals surface area contributed by atoms with E-state index in [4.69, 9.17) is 15.2 Å². The number of amides is 1. The summed E-state index contributed by atoms with van der Waals surface area (Å²) in [5.41, 5.74) is 8.21. The van der Waals surface area contributed by atoms with Crippen molar-refractivity contribution in [1.29, 1.82) is 5.26 Å². The Morgan fingerprint density at radius 3 is 2.00 bits per heavy atom. The third kappa shape index (κ3) is 4.83. The molecule has 0 spiro atoms. The maximum atomic E-state index is 13.1. The summed E-state index contributed by atoms with van der Waals surface area (Å²) in [7, 11) is 2.37. The molecule has 3 N–H and O–H groups in total. The number of nitriles is 1. The molecule has 190 valence electrons. The van der Waals surface area contributed by atoms with E-state index in [1.54, 1.807) is 78.9 Å². The lowest BCUT2D eigenvalue weighted by Crippen LogP contribution is -2.40.